The molecule has 12 N–H and O–H groups in total. The second-order valence-electron chi connectivity index (χ2n) is 6.25. The van der Waals surface area contributed by atoms with Gasteiger partial charge in [-0.1, -0.05) is 60.0 Å². The Kier molecular flexibility index (Phi) is 7.95. The predicted octanol–water partition coefficient (Wildman–Crippen LogP) is 3.39. The lowest BCUT2D eigenvalue weighted by Crippen LogP contribution is -2.04. The number of benzene rings is 4. The lowest BCUT2D eigenvalue weighted by atomic mass is 10.0. The summed E-state index contributed by atoms with van der Waals surface area (Å²) in [4.78, 5) is 21.4. The normalized spacial score (nSPS) is 9.75. The van der Waals surface area contributed by atoms with Gasteiger partial charge in [-0.25, -0.2) is 9.59 Å². The number of aromatic carboxylic acids is 2. The molecule has 4 aromatic carbocycles. The van der Waals surface area contributed by atoms with Gasteiger partial charge in [0, 0.05) is 10.8 Å². The van der Waals surface area contributed by atoms with Crippen LogP contribution in [0.4, 0.5) is 0 Å². The van der Waals surface area contributed by atoms with E-state index in [1.807, 2.05) is 0 Å². The Hall–Kier alpha value is -4.54. The zero-order chi connectivity index (χ0) is 22.0. The van der Waals surface area contributed by atoms with E-state index in [1.165, 1.54) is 12.1 Å². The first-order valence-corrected chi connectivity index (χ1v) is 8.52. The van der Waals surface area contributed by atoms with E-state index in [-0.39, 0.29) is 34.6 Å². The largest absolute Gasteiger partial charge is 0.871 e. The summed E-state index contributed by atoms with van der Waals surface area (Å²) >= 11 is 0. The molecular weight excluding hydrogens is 420 g/mol. The fourth-order valence-corrected chi connectivity index (χ4v) is 2.98. The van der Waals surface area contributed by atoms with Gasteiger partial charge in [0.2, 0.25) is 0 Å². The summed E-state index contributed by atoms with van der Waals surface area (Å²) < 4.78 is 0. The third kappa shape index (κ3) is 4.61. The number of phenols is 2. The number of rotatable bonds is 2. The molecule has 0 aliphatic carbocycles. The summed E-state index contributed by atoms with van der Waals surface area (Å²) in [6.07, 6.45) is 0. The van der Waals surface area contributed by atoms with Crippen LogP contribution >= 0.6 is 0 Å². The van der Waals surface area contributed by atoms with Crippen molar-refractivity contribution in [3.63, 3.8) is 0 Å². The molecule has 0 bridgehead atoms. The Morgan fingerprint density at radius 3 is 1.16 bits per heavy atom. The Morgan fingerprint density at radius 1 is 0.594 bits per heavy atom. The molecular formula is C22H22N2O8. The van der Waals surface area contributed by atoms with E-state index in [0.29, 0.717) is 10.8 Å². The maximum atomic E-state index is 11.6. The molecule has 10 nitrogen and oxygen atoms in total. The number of carbonyl (C=O) groups is 2. The van der Waals surface area contributed by atoms with Crippen LogP contribution in [0.1, 0.15) is 20.7 Å². The predicted molar refractivity (Wildman–Crippen MR) is 116 cm³/mol. The zero-order valence-corrected chi connectivity index (χ0v) is 17.2. The molecule has 0 heterocycles. The number of fused-ring (bicyclic) bond motifs is 2. The van der Waals surface area contributed by atoms with Crippen molar-refractivity contribution in [3.8, 4) is 23.0 Å². The van der Waals surface area contributed by atoms with Crippen molar-refractivity contribution in [1.82, 2.24) is 12.3 Å². The van der Waals surface area contributed by atoms with Crippen molar-refractivity contribution < 1.29 is 40.2 Å². The summed E-state index contributed by atoms with van der Waals surface area (Å²) in [6.45, 7) is 0. The number of hydrogen-bond acceptors (Lipinski definition) is 6. The van der Waals surface area contributed by atoms with Crippen molar-refractivity contribution in [3.05, 3.63) is 71.8 Å². The highest BCUT2D eigenvalue weighted by atomic mass is 16.4. The number of phenolic OH excluding ortho intramolecular Hbond substituents is 2. The third-order valence-corrected chi connectivity index (χ3v) is 4.41. The number of aromatic hydroxyl groups is 2. The summed E-state index contributed by atoms with van der Waals surface area (Å²) in [5.74, 6) is -4.20. The Morgan fingerprint density at radius 2 is 0.875 bits per heavy atom. The van der Waals surface area contributed by atoms with Crippen molar-refractivity contribution in [1.29, 1.82) is 0 Å². The van der Waals surface area contributed by atoms with Crippen molar-refractivity contribution in [2.24, 2.45) is 0 Å². The molecule has 0 saturated carbocycles. The van der Waals surface area contributed by atoms with E-state index in [4.69, 9.17) is 10.2 Å². The third-order valence-electron chi connectivity index (χ3n) is 4.41. The highest BCUT2D eigenvalue weighted by Crippen LogP contribution is 2.34. The van der Waals surface area contributed by atoms with Crippen LogP contribution in [0.2, 0.25) is 0 Å². The minimum Gasteiger partial charge on any atom is -0.871 e. The van der Waals surface area contributed by atoms with Gasteiger partial charge in [0.25, 0.3) is 0 Å². The van der Waals surface area contributed by atoms with Crippen LogP contribution in [0.5, 0.6) is 23.0 Å². The highest BCUT2D eigenvalue weighted by molar-refractivity contribution is 6.03. The molecule has 168 valence electrons. The average Bonchev–Trinajstić information content (AvgIpc) is 2.73. The molecule has 0 fully saturated rings. The molecule has 10 heteroatoms. The fraction of sp³-hybridized carbons (Fsp3) is 0. The molecule has 0 aromatic heterocycles. The van der Waals surface area contributed by atoms with Crippen LogP contribution < -0.4 is 22.5 Å². The lowest BCUT2D eigenvalue weighted by molar-refractivity contribution is -0.267. The summed E-state index contributed by atoms with van der Waals surface area (Å²) in [5, 5.41) is 61.0. The molecule has 0 aliphatic heterocycles. The average molecular weight is 442 g/mol. The minimum absolute atomic E-state index is 0. The van der Waals surface area contributed by atoms with E-state index < -0.39 is 34.6 Å². The van der Waals surface area contributed by atoms with Crippen LogP contribution in [-0.4, -0.2) is 32.4 Å². The SMILES string of the molecule is O=C(O)c1cc(O)c2ccccc2c1[O-].O=C(O)c1cc(O)c2ccccc2c1[O-].[NH4+].[NH4+]. The van der Waals surface area contributed by atoms with Crippen molar-refractivity contribution in [2.45, 2.75) is 0 Å². The first-order valence-electron chi connectivity index (χ1n) is 8.52. The molecule has 0 saturated heterocycles. The maximum Gasteiger partial charge on any atom is 0.335 e. The van der Waals surface area contributed by atoms with E-state index in [2.05, 4.69) is 0 Å². The van der Waals surface area contributed by atoms with Gasteiger partial charge in [-0.05, 0) is 22.9 Å². The zero-order valence-electron chi connectivity index (χ0n) is 17.2. The van der Waals surface area contributed by atoms with Gasteiger partial charge < -0.3 is 42.9 Å². The first-order chi connectivity index (χ1) is 14.2. The number of quaternary nitrogens is 2. The van der Waals surface area contributed by atoms with E-state index in [1.54, 1.807) is 36.4 Å². The summed E-state index contributed by atoms with van der Waals surface area (Å²) in [5.41, 5.74) is -0.822. The van der Waals surface area contributed by atoms with Crippen LogP contribution in [0.25, 0.3) is 21.5 Å². The maximum absolute atomic E-state index is 11.6. The Balaban J connectivity index is 0.000000301. The molecule has 0 amide bonds. The number of carboxylic acids is 2. The fourth-order valence-electron chi connectivity index (χ4n) is 2.98. The molecule has 0 unspecified atom stereocenters. The molecule has 0 atom stereocenters. The van der Waals surface area contributed by atoms with Crippen LogP contribution in [0.15, 0.2) is 60.7 Å². The van der Waals surface area contributed by atoms with Crippen molar-refractivity contribution >= 4 is 33.5 Å². The van der Waals surface area contributed by atoms with E-state index in [9.17, 15) is 30.0 Å². The standard InChI is InChI=1S/2C11H8O4.2H3N/c2*12-9-5-8(11(14)15)10(13)7-4-2-1-3-6(7)9;;/h2*1-5,12-13H,(H,14,15);2*1H3. The topological polar surface area (TPSA) is 234 Å². The number of carboxylic acid groups (broad SMARTS) is 2. The Labute approximate surface area is 181 Å². The second kappa shape index (κ2) is 9.98. The Bertz CT molecular complexity index is 1200. The van der Waals surface area contributed by atoms with Gasteiger partial charge in [-0.2, -0.15) is 0 Å². The minimum atomic E-state index is -1.33. The van der Waals surface area contributed by atoms with Crippen molar-refractivity contribution in [2.75, 3.05) is 0 Å². The van der Waals surface area contributed by atoms with Gasteiger partial charge in [-0.3, -0.25) is 0 Å². The first kappa shape index (κ1) is 25.5. The summed E-state index contributed by atoms with van der Waals surface area (Å²) in [7, 11) is 0. The monoisotopic (exact) mass is 442 g/mol. The molecule has 32 heavy (non-hydrogen) atoms. The van der Waals surface area contributed by atoms with Crippen LogP contribution in [-0.2, 0) is 0 Å². The lowest BCUT2D eigenvalue weighted by Gasteiger charge is -2.14. The van der Waals surface area contributed by atoms with Crippen LogP contribution in [0.3, 0.4) is 0 Å². The molecule has 4 aromatic rings. The molecule has 0 spiro atoms. The smallest absolute Gasteiger partial charge is 0.335 e. The van der Waals surface area contributed by atoms with Gasteiger partial charge in [-0.15, -0.1) is 0 Å². The molecule has 0 aliphatic rings. The van der Waals surface area contributed by atoms with Crippen LogP contribution in [0, 0.1) is 0 Å². The van der Waals surface area contributed by atoms with E-state index in [0.717, 1.165) is 12.1 Å². The molecule has 0 radical (unpaired) electrons. The van der Waals surface area contributed by atoms with Gasteiger partial charge in [0.15, 0.2) is 0 Å². The quantitative estimate of drug-likeness (QED) is 0.268. The summed E-state index contributed by atoms with van der Waals surface area (Å²) in [6, 6.07) is 14.6. The van der Waals surface area contributed by atoms with E-state index >= 15 is 0 Å². The number of hydrogen-bond donors (Lipinski definition) is 6. The van der Waals surface area contributed by atoms with Gasteiger partial charge in [0.05, 0.1) is 11.1 Å². The van der Waals surface area contributed by atoms with Gasteiger partial charge >= 0.3 is 11.9 Å². The second-order valence-corrected chi connectivity index (χ2v) is 6.25. The highest BCUT2D eigenvalue weighted by Gasteiger charge is 2.11. The van der Waals surface area contributed by atoms with Gasteiger partial charge in [0.1, 0.15) is 11.5 Å². The molecule has 4 rings (SSSR count).